The van der Waals surface area contributed by atoms with E-state index >= 15 is 0 Å². The van der Waals surface area contributed by atoms with E-state index in [0.29, 0.717) is 6.61 Å². The summed E-state index contributed by atoms with van der Waals surface area (Å²) in [6.07, 6.45) is 20.9. The van der Waals surface area contributed by atoms with Crippen LogP contribution < -0.4 is 0 Å². The number of rotatable bonds is 19. The van der Waals surface area contributed by atoms with E-state index in [9.17, 15) is 15.0 Å². The average molecular weight is 435 g/mol. The fourth-order valence-corrected chi connectivity index (χ4v) is 3.86. The van der Waals surface area contributed by atoms with Crippen molar-refractivity contribution in [1.29, 1.82) is 0 Å². The van der Waals surface area contributed by atoms with Gasteiger partial charge in [0.25, 0.3) is 0 Å². The minimum atomic E-state index is -0.584. The lowest BCUT2D eigenvalue weighted by molar-refractivity contribution is 0.0493. The molecule has 1 aromatic carbocycles. The highest BCUT2D eigenvalue weighted by atomic mass is 16.5. The lowest BCUT2D eigenvalue weighted by Gasteiger charge is -2.07. The second kappa shape index (κ2) is 17.9. The van der Waals surface area contributed by atoms with Gasteiger partial charge in [0.15, 0.2) is 11.5 Å². The number of hydrogen-bond donors (Lipinski definition) is 2. The fraction of sp³-hybridized carbons (Fsp3) is 0.741. The van der Waals surface area contributed by atoms with Crippen LogP contribution in [-0.2, 0) is 4.74 Å². The molecule has 0 heterocycles. The van der Waals surface area contributed by atoms with Gasteiger partial charge in [-0.1, -0.05) is 116 Å². The van der Waals surface area contributed by atoms with Gasteiger partial charge in [-0.05, 0) is 24.5 Å². The first-order valence-corrected chi connectivity index (χ1v) is 12.7. The number of phenols is 2. The third-order valence-electron chi connectivity index (χ3n) is 6.26. The van der Waals surface area contributed by atoms with Gasteiger partial charge in [-0.2, -0.15) is 0 Å². The second-order valence-electron chi connectivity index (χ2n) is 9.06. The van der Waals surface area contributed by atoms with Gasteiger partial charge in [-0.15, -0.1) is 0 Å². The first-order chi connectivity index (χ1) is 15.1. The molecule has 0 radical (unpaired) electrons. The van der Waals surface area contributed by atoms with Crippen molar-refractivity contribution in [3.63, 3.8) is 0 Å². The maximum absolute atomic E-state index is 11.9. The quantitative estimate of drug-likeness (QED) is 0.131. The maximum atomic E-state index is 11.9. The van der Waals surface area contributed by atoms with Crippen LogP contribution in [0, 0.1) is 5.92 Å². The average Bonchev–Trinajstić information content (AvgIpc) is 2.77. The highest BCUT2D eigenvalue weighted by molar-refractivity contribution is 5.93. The van der Waals surface area contributed by atoms with Crippen molar-refractivity contribution in [2.24, 2.45) is 5.92 Å². The topological polar surface area (TPSA) is 66.8 Å². The Morgan fingerprint density at radius 1 is 0.806 bits per heavy atom. The van der Waals surface area contributed by atoms with Crippen molar-refractivity contribution in [2.45, 2.75) is 117 Å². The molecule has 2 N–H and O–H groups in total. The van der Waals surface area contributed by atoms with Crippen LogP contribution in [0.5, 0.6) is 11.5 Å². The summed E-state index contributed by atoms with van der Waals surface area (Å²) in [5.41, 5.74) is 0.0154. The third-order valence-corrected chi connectivity index (χ3v) is 6.26. The van der Waals surface area contributed by atoms with Gasteiger partial charge in [0.2, 0.25) is 0 Å². The summed E-state index contributed by atoms with van der Waals surface area (Å²) >= 11 is 0. The molecule has 0 amide bonds. The van der Waals surface area contributed by atoms with Crippen molar-refractivity contribution >= 4 is 5.97 Å². The summed E-state index contributed by atoms with van der Waals surface area (Å²) in [5, 5.41) is 19.1. The Morgan fingerprint density at radius 2 is 1.29 bits per heavy atom. The van der Waals surface area contributed by atoms with Crippen molar-refractivity contribution in [1.82, 2.24) is 0 Å². The normalized spacial score (nSPS) is 12.1. The second-order valence-corrected chi connectivity index (χ2v) is 9.06. The number of hydrogen-bond acceptors (Lipinski definition) is 4. The SMILES string of the molecule is CC[C@@H](C)CCCCCCCCCCCCCCCCOC(=O)c1cccc(O)c1O. The van der Waals surface area contributed by atoms with E-state index < -0.39 is 11.7 Å². The van der Waals surface area contributed by atoms with E-state index in [4.69, 9.17) is 4.74 Å². The molecule has 0 aliphatic rings. The molecule has 0 aromatic heterocycles. The van der Waals surface area contributed by atoms with Crippen molar-refractivity contribution in [2.75, 3.05) is 6.61 Å². The van der Waals surface area contributed by atoms with Crippen LogP contribution >= 0.6 is 0 Å². The van der Waals surface area contributed by atoms with Gasteiger partial charge < -0.3 is 14.9 Å². The minimum absolute atomic E-state index is 0.0154. The van der Waals surface area contributed by atoms with Gasteiger partial charge in [0.05, 0.1) is 6.61 Å². The molecular weight excluding hydrogens is 388 g/mol. The lowest BCUT2D eigenvalue weighted by Crippen LogP contribution is -2.06. The summed E-state index contributed by atoms with van der Waals surface area (Å²) in [7, 11) is 0. The molecule has 1 aromatic rings. The van der Waals surface area contributed by atoms with E-state index in [2.05, 4.69) is 13.8 Å². The van der Waals surface area contributed by atoms with Gasteiger partial charge in [0, 0.05) is 0 Å². The third kappa shape index (κ3) is 13.3. The van der Waals surface area contributed by atoms with Gasteiger partial charge in [-0.25, -0.2) is 4.79 Å². The molecule has 0 aliphatic carbocycles. The summed E-state index contributed by atoms with van der Waals surface area (Å²) in [5.74, 6) is -0.394. The van der Waals surface area contributed by atoms with Crippen LogP contribution in [0.2, 0.25) is 0 Å². The molecule has 0 fully saturated rings. The Hall–Kier alpha value is -1.71. The van der Waals surface area contributed by atoms with Crippen LogP contribution in [0.25, 0.3) is 0 Å². The van der Waals surface area contributed by atoms with E-state index in [1.165, 1.54) is 108 Å². The molecular formula is C27H46O4. The van der Waals surface area contributed by atoms with Crippen LogP contribution in [-0.4, -0.2) is 22.8 Å². The first kappa shape index (κ1) is 27.3. The smallest absolute Gasteiger partial charge is 0.342 e. The lowest BCUT2D eigenvalue weighted by atomic mass is 9.99. The number of esters is 1. The zero-order valence-corrected chi connectivity index (χ0v) is 20.0. The molecule has 0 aliphatic heterocycles. The molecule has 4 nitrogen and oxygen atoms in total. The molecule has 0 saturated carbocycles. The summed E-state index contributed by atoms with van der Waals surface area (Å²) in [6.45, 7) is 5.01. The van der Waals surface area contributed by atoms with Crippen molar-refractivity contribution < 1.29 is 19.7 Å². The van der Waals surface area contributed by atoms with E-state index in [1.54, 1.807) is 0 Å². The fourth-order valence-electron chi connectivity index (χ4n) is 3.86. The number of carbonyl (C=O) groups is 1. The zero-order chi connectivity index (χ0) is 22.7. The predicted octanol–water partition coefficient (Wildman–Crippen LogP) is 8.15. The molecule has 0 bridgehead atoms. The van der Waals surface area contributed by atoms with E-state index in [1.807, 2.05) is 0 Å². The van der Waals surface area contributed by atoms with Gasteiger partial charge in [-0.3, -0.25) is 0 Å². The Kier molecular flexibility index (Phi) is 15.8. The summed E-state index contributed by atoms with van der Waals surface area (Å²) in [4.78, 5) is 11.9. The predicted molar refractivity (Wildman–Crippen MR) is 129 cm³/mol. The number of carbonyl (C=O) groups excluding carboxylic acids is 1. The zero-order valence-electron chi connectivity index (χ0n) is 20.0. The van der Waals surface area contributed by atoms with Crippen LogP contribution in [0.3, 0.4) is 0 Å². The Morgan fingerprint density at radius 3 is 1.81 bits per heavy atom. The minimum Gasteiger partial charge on any atom is -0.504 e. The molecule has 31 heavy (non-hydrogen) atoms. The number of unbranched alkanes of at least 4 members (excludes halogenated alkanes) is 13. The number of phenolic OH excluding ortho intramolecular Hbond substituents is 2. The maximum Gasteiger partial charge on any atom is 0.342 e. The largest absolute Gasteiger partial charge is 0.504 e. The van der Waals surface area contributed by atoms with E-state index in [-0.39, 0.29) is 11.3 Å². The molecule has 1 atom stereocenters. The molecule has 0 saturated heterocycles. The Bertz CT molecular complexity index is 585. The number of para-hydroxylation sites is 1. The molecule has 1 rings (SSSR count). The Balaban J connectivity index is 1.83. The van der Waals surface area contributed by atoms with E-state index in [0.717, 1.165) is 18.8 Å². The Labute approximate surface area is 190 Å². The first-order valence-electron chi connectivity index (χ1n) is 12.7. The molecule has 178 valence electrons. The highest BCUT2D eigenvalue weighted by Gasteiger charge is 2.14. The molecule has 0 unspecified atom stereocenters. The highest BCUT2D eigenvalue weighted by Crippen LogP contribution is 2.28. The molecule has 4 heteroatoms. The monoisotopic (exact) mass is 434 g/mol. The number of ether oxygens (including phenoxy) is 1. The standard InChI is InChI=1S/C27H46O4/c1-3-23(2)19-16-14-12-10-8-6-4-5-7-9-11-13-15-17-22-31-27(30)24-20-18-21-25(28)26(24)29/h18,20-21,23,28-29H,3-17,19,22H2,1-2H3/t23-/m1/s1. The van der Waals surface area contributed by atoms with Gasteiger partial charge >= 0.3 is 5.97 Å². The summed E-state index contributed by atoms with van der Waals surface area (Å²) < 4.78 is 5.18. The van der Waals surface area contributed by atoms with Gasteiger partial charge in [0.1, 0.15) is 5.56 Å². The number of benzene rings is 1. The van der Waals surface area contributed by atoms with Crippen LogP contribution in [0.15, 0.2) is 18.2 Å². The molecule has 0 spiro atoms. The van der Waals surface area contributed by atoms with Crippen molar-refractivity contribution in [3.8, 4) is 11.5 Å². The number of aromatic hydroxyl groups is 2. The van der Waals surface area contributed by atoms with Crippen LogP contribution in [0.4, 0.5) is 0 Å². The van der Waals surface area contributed by atoms with Crippen molar-refractivity contribution in [3.05, 3.63) is 23.8 Å². The summed E-state index contributed by atoms with van der Waals surface area (Å²) in [6, 6.07) is 4.30. The van der Waals surface area contributed by atoms with Crippen LogP contribution in [0.1, 0.15) is 127 Å².